The molecule has 0 radical (unpaired) electrons. The van der Waals surface area contributed by atoms with Crippen molar-refractivity contribution >= 4 is 35.2 Å². The second-order valence-corrected chi connectivity index (χ2v) is 8.56. The van der Waals surface area contributed by atoms with Crippen LogP contribution < -0.4 is 10.6 Å². The minimum atomic E-state index is -0.457. The summed E-state index contributed by atoms with van der Waals surface area (Å²) >= 11 is 1.13. The Hall–Kier alpha value is -3.57. The molecular formula is C25H25N3O4S. The third kappa shape index (κ3) is 5.62. The zero-order valence-electron chi connectivity index (χ0n) is 18.7. The highest BCUT2D eigenvalue weighted by molar-refractivity contribution is 8.03. The number of carbonyl (C=O) groups is 3. The van der Waals surface area contributed by atoms with Gasteiger partial charge in [0.1, 0.15) is 0 Å². The number of aryl methyl sites for hydroxylation is 2. The molecule has 2 aromatic rings. The highest BCUT2D eigenvalue weighted by Gasteiger charge is 2.30. The van der Waals surface area contributed by atoms with Gasteiger partial charge < -0.3 is 15.4 Å². The average Bonchev–Trinajstić information content (AvgIpc) is 2.83. The Kier molecular flexibility index (Phi) is 7.91. The van der Waals surface area contributed by atoms with Crippen molar-refractivity contribution in [3.05, 3.63) is 75.3 Å². The molecule has 0 unspecified atom stereocenters. The normalized spacial score (nSPS) is 15.5. The smallest absolute Gasteiger partial charge is 0.337 e. The van der Waals surface area contributed by atoms with Crippen LogP contribution in [0.4, 0.5) is 5.69 Å². The van der Waals surface area contributed by atoms with Crippen molar-refractivity contribution in [2.45, 2.75) is 32.6 Å². The molecule has 0 fully saturated rings. The van der Waals surface area contributed by atoms with Crippen LogP contribution in [0.15, 0.2) is 53.1 Å². The Labute approximate surface area is 197 Å². The van der Waals surface area contributed by atoms with E-state index in [1.165, 1.54) is 7.11 Å². The van der Waals surface area contributed by atoms with Crippen LogP contribution in [0.2, 0.25) is 0 Å². The third-order valence-corrected chi connectivity index (χ3v) is 6.46. The average molecular weight is 464 g/mol. The van der Waals surface area contributed by atoms with Crippen LogP contribution in [-0.2, 0) is 20.7 Å². The lowest BCUT2D eigenvalue weighted by Crippen LogP contribution is -2.31. The first-order chi connectivity index (χ1) is 15.9. The number of carbonyl (C=O) groups excluding carboxylic acids is 3. The molecule has 0 aromatic heterocycles. The number of nitriles is 1. The Morgan fingerprint density at radius 2 is 1.97 bits per heavy atom. The number of methoxy groups -OCH3 is 1. The maximum absolute atomic E-state index is 12.6. The second-order valence-electron chi connectivity index (χ2n) is 7.57. The number of hydrogen-bond donors (Lipinski definition) is 2. The van der Waals surface area contributed by atoms with Gasteiger partial charge in [0.2, 0.25) is 11.8 Å². The number of allylic oxidation sites excluding steroid dienone is 1. The van der Waals surface area contributed by atoms with E-state index in [9.17, 15) is 19.6 Å². The zero-order chi connectivity index (χ0) is 24.0. The number of anilines is 1. The molecule has 2 aromatic carbocycles. The Morgan fingerprint density at radius 3 is 2.61 bits per heavy atom. The van der Waals surface area contributed by atoms with Crippen LogP contribution in [0.5, 0.6) is 0 Å². The first kappa shape index (κ1) is 24.1. The number of nitrogens with zero attached hydrogens (tertiary/aromatic N) is 1. The quantitative estimate of drug-likeness (QED) is 0.600. The van der Waals surface area contributed by atoms with E-state index in [0.717, 1.165) is 40.6 Å². The van der Waals surface area contributed by atoms with Gasteiger partial charge in [0.05, 0.1) is 35.1 Å². The molecule has 170 valence electrons. The van der Waals surface area contributed by atoms with E-state index in [1.54, 1.807) is 24.3 Å². The summed E-state index contributed by atoms with van der Waals surface area (Å²) in [6.07, 6.45) is 0.903. The predicted molar refractivity (Wildman–Crippen MR) is 128 cm³/mol. The molecule has 33 heavy (non-hydrogen) atoms. The van der Waals surface area contributed by atoms with Crippen molar-refractivity contribution in [2.75, 3.05) is 18.2 Å². The van der Waals surface area contributed by atoms with Gasteiger partial charge in [-0.3, -0.25) is 9.59 Å². The van der Waals surface area contributed by atoms with Crippen LogP contribution >= 0.6 is 11.8 Å². The van der Waals surface area contributed by atoms with Crippen molar-refractivity contribution in [1.29, 1.82) is 5.26 Å². The summed E-state index contributed by atoms with van der Waals surface area (Å²) in [5, 5.41) is 15.9. The van der Waals surface area contributed by atoms with Gasteiger partial charge in [-0.05, 0) is 42.2 Å². The largest absolute Gasteiger partial charge is 0.465 e. The van der Waals surface area contributed by atoms with E-state index in [-0.39, 0.29) is 24.0 Å². The number of rotatable bonds is 7. The monoisotopic (exact) mass is 463 g/mol. The minimum Gasteiger partial charge on any atom is -0.465 e. The Morgan fingerprint density at radius 1 is 1.24 bits per heavy atom. The van der Waals surface area contributed by atoms with Gasteiger partial charge in [0.25, 0.3) is 0 Å². The lowest BCUT2D eigenvalue weighted by atomic mass is 9.87. The summed E-state index contributed by atoms with van der Waals surface area (Å²) < 4.78 is 4.71. The molecule has 0 spiro atoms. The third-order valence-electron chi connectivity index (χ3n) is 5.44. The van der Waals surface area contributed by atoms with E-state index < -0.39 is 11.9 Å². The molecule has 0 aliphatic carbocycles. The fourth-order valence-electron chi connectivity index (χ4n) is 3.70. The number of para-hydroxylation sites is 1. The van der Waals surface area contributed by atoms with E-state index >= 15 is 0 Å². The number of benzene rings is 2. The zero-order valence-corrected chi connectivity index (χ0v) is 19.5. The maximum Gasteiger partial charge on any atom is 0.337 e. The lowest BCUT2D eigenvalue weighted by Gasteiger charge is -2.25. The number of hydrogen-bond acceptors (Lipinski definition) is 6. The summed E-state index contributed by atoms with van der Waals surface area (Å²) in [6.45, 7) is 3.97. The van der Waals surface area contributed by atoms with Crippen LogP contribution in [0.1, 0.15) is 46.3 Å². The summed E-state index contributed by atoms with van der Waals surface area (Å²) in [6, 6.07) is 14.7. The number of esters is 1. The van der Waals surface area contributed by atoms with Crippen LogP contribution in [0.25, 0.3) is 0 Å². The summed E-state index contributed by atoms with van der Waals surface area (Å²) in [5.41, 5.74) is 4.35. The summed E-state index contributed by atoms with van der Waals surface area (Å²) in [7, 11) is 1.31. The van der Waals surface area contributed by atoms with Crippen molar-refractivity contribution in [3.63, 3.8) is 0 Å². The Bertz CT molecular complexity index is 1150. The van der Waals surface area contributed by atoms with Crippen LogP contribution in [-0.4, -0.2) is 30.6 Å². The molecule has 3 rings (SSSR count). The SMILES string of the molecule is CCc1cccc(C)c1NC(=O)CSC1=C(C#N)[C@H](c2ccc(C(=O)OC)cc2)CC(=O)N1. The first-order valence-corrected chi connectivity index (χ1v) is 11.5. The number of nitrogens with one attached hydrogen (secondary N) is 2. The molecule has 0 saturated carbocycles. The van der Waals surface area contributed by atoms with Gasteiger partial charge in [-0.15, -0.1) is 0 Å². The number of amides is 2. The van der Waals surface area contributed by atoms with Gasteiger partial charge >= 0.3 is 5.97 Å². The molecule has 1 aliphatic rings. The maximum atomic E-state index is 12.6. The molecule has 1 atom stereocenters. The number of thioether (sulfide) groups is 1. The topological polar surface area (TPSA) is 108 Å². The van der Waals surface area contributed by atoms with E-state index in [0.29, 0.717) is 16.2 Å². The Balaban J connectivity index is 1.78. The fourth-order valence-corrected chi connectivity index (χ4v) is 4.58. The standard InChI is InChI=1S/C25H25N3O4S/c1-4-16-7-5-6-15(2)23(16)27-22(30)14-33-24-20(13-26)19(12-21(29)28-24)17-8-10-18(11-9-17)25(31)32-3/h5-11,19H,4,12,14H2,1-3H3,(H,27,30)(H,28,29)/t19-/m0/s1. The van der Waals surface area contributed by atoms with Gasteiger partial charge in [0, 0.05) is 18.0 Å². The summed E-state index contributed by atoms with van der Waals surface area (Å²) in [5.74, 6) is -1.31. The van der Waals surface area contributed by atoms with Crippen molar-refractivity contribution < 1.29 is 19.1 Å². The van der Waals surface area contributed by atoms with Crippen molar-refractivity contribution in [2.24, 2.45) is 0 Å². The first-order valence-electron chi connectivity index (χ1n) is 10.5. The molecule has 7 nitrogen and oxygen atoms in total. The molecule has 1 aliphatic heterocycles. The summed E-state index contributed by atoms with van der Waals surface area (Å²) in [4.78, 5) is 36.7. The lowest BCUT2D eigenvalue weighted by molar-refractivity contribution is -0.121. The van der Waals surface area contributed by atoms with Gasteiger partial charge in [-0.2, -0.15) is 5.26 Å². The van der Waals surface area contributed by atoms with Crippen LogP contribution in [0.3, 0.4) is 0 Å². The molecule has 2 N–H and O–H groups in total. The van der Waals surface area contributed by atoms with Gasteiger partial charge in [-0.25, -0.2) is 4.79 Å². The second kappa shape index (κ2) is 10.8. The van der Waals surface area contributed by atoms with E-state index in [2.05, 4.69) is 16.7 Å². The minimum absolute atomic E-state index is 0.0479. The molecule has 2 amide bonds. The molecular weight excluding hydrogens is 438 g/mol. The fraction of sp³-hybridized carbons (Fsp3) is 0.280. The highest BCUT2D eigenvalue weighted by atomic mass is 32.2. The van der Waals surface area contributed by atoms with Gasteiger partial charge in [-0.1, -0.05) is 49.0 Å². The molecule has 0 bridgehead atoms. The molecule has 1 heterocycles. The molecule has 8 heteroatoms. The van der Waals surface area contributed by atoms with Crippen molar-refractivity contribution in [1.82, 2.24) is 5.32 Å². The predicted octanol–water partition coefficient (Wildman–Crippen LogP) is 4.05. The van der Waals surface area contributed by atoms with E-state index in [4.69, 9.17) is 4.74 Å². The molecule has 0 saturated heterocycles. The van der Waals surface area contributed by atoms with E-state index in [1.807, 2.05) is 32.0 Å². The highest BCUT2D eigenvalue weighted by Crippen LogP contribution is 2.36. The van der Waals surface area contributed by atoms with Crippen molar-refractivity contribution in [3.8, 4) is 6.07 Å². The number of ether oxygens (including phenoxy) is 1. The van der Waals surface area contributed by atoms with Gasteiger partial charge in [0.15, 0.2) is 0 Å². The van der Waals surface area contributed by atoms with Crippen LogP contribution in [0, 0.1) is 18.3 Å².